The van der Waals surface area contributed by atoms with E-state index in [0.717, 1.165) is 39.3 Å². The van der Waals surface area contributed by atoms with E-state index < -0.39 is 0 Å². The zero-order valence-corrected chi connectivity index (χ0v) is 23.0. The molecule has 5 rings (SSSR count). The Morgan fingerprint density at radius 2 is 1.70 bits per heavy atom. The monoisotopic (exact) mass is 552 g/mol. The molecule has 1 N–H and O–H groups in total. The van der Waals surface area contributed by atoms with E-state index in [9.17, 15) is 14.4 Å². The molecule has 0 unspecified atom stereocenters. The summed E-state index contributed by atoms with van der Waals surface area (Å²) in [5.41, 5.74) is 3.27. The lowest BCUT2D eigenvalue weighted by Gasteiger charge is -2.14. The van der Waals surface area contributed by atoms with Gasteiger partial charge >= 0.3 is 0 Å². The molecule has 4 aromatic rings. The van der Waals surface area contributed by atoms with Crippen molar-refractivity contribution < 1.29 is 23.9 Å². The summed E-state index contributed by atoms with van der Waals surface area (Å²) in [6, 6.07) is 26.5. The molecular formula is C32H28N2O5S. The van der Waals surface area contributed by atoms with Crippen molar-refractivity contribution in [3.8, 4) is 11.5 Å². The molecule has 0 bridgehead atoms. The van der Waals surface area contributed by atoms with Gasteiger partial charge in [-0.2, -0.15) is 0 Å². The molecule has 1 aliphatic heterocycles. The number of aryl methyl sites for hydroxylation is 1. The molecule has 0 saturated carbocycles. The van der Waals surface area contributed by atoms with E-state index in [4.69, 9.17) is 9.47 Å². The second-order valence-electron chi connectivity index (χ2n) is 9.20. The number of fused-ring (bicyclic) bond motifs is 1. The van der Waals surface area contributed by atoms with Crippen LogP contribution in [0.2, 0.25) is 0 Å². The van der Waals surface area contributed by atoms with Gasteiger partial charge in [0.15, 0.2) is 18.1 Å². The minimum atomic E-state index is -0.339. The molecule has 7 nitrogen and oxygen atoms in total. The molecule has 1 fully saturated rings. The Labute approximate surface area is 236 Å². The highest BCUT2D eigenvalue weighted by atomic mass is 32.2. The Kier molecular flexibility index (Phi) is 8.17. The minimum Gasteiger partial charge on any atom is -0.490 e. The normalized spacial score (nSPS) is 14.2. The SMILES string of the molecule is CCOc1cc(/C=C2\SC(=O)N(Cc3cccc4ccccc34)C2=O)ccc1OCC(=O)Nc1ccccc1C. The van der Waals surface area contributed by atoms with Crippen LogP contribution in [0, 0.1) is 6.92 Å². The van der Waals surface area contributed by atoms with Gasteiger partial charge in [0.25, 0.3) is 17.1 Å². The summed E-state index contributed by atoms with van der Waals surface area (Å²) in [5.74, 6) is 0.215. The van der Waals surface area contributed by atoms with E-state index in [1.54, 1.807) is 24.3 Å². The number of nitrogens with zero attached hydrogens (tertiary/aromatic N) is 1. The average molecular weight is 553 g/mol. The molecule has 0 spiro atoms. The highest BCUT2D eigenvalue weighted by Crippen LogP contribution is 2.36. The highest BCUT2D eigenvalue weighted by molar-refractivity contribution is 8.18. The Balaban J connectivity index is 1.29. The third-order valence-electron chi connectivity index (χ3n) is 6.43. The van der Waals surface area contributed by atoms with Gasteiger partial charge in [0.2, 0.25) is 0 Å². The maximum Gasteiger partial charge on any atom is 0.293 e. The molecule has 3 amide bonds. The van der Waals surface area contributed by atoms with E-state index in [1.807, 2.05) is 80.6 Å². The molecule has 0 aliphatic carbocycles. The fourth-order valence-electron chi connectivity index (χ4n) is 4.43. The van der Waals surface area contributed by atoms with Gasteiger partial charge in [-0.15, -0.1) is 0 Å². The first-order valence-corrected chi connectivity index (χ1v) is 13.7. The first kappa shape index (κ1) is 27.0. The summed E-state index contributed by atoms with van der Waals surface area (Å²) in [6.07, 6.45) is 1.67. The van der Waals surface area contributed by atoms with E-state index in [0.29, 0.717) is 28.6 Å². The largest absolute Gasteiger partial charge is 0.490 e. The standard InChI is InChI=1S/C32H28N2O5S/c1-3-38-28-17-22(15-16-27(28)39-20-30(35)33-26-14-7-4-9-21(26)2)18-29-31(36)34(32(37)40-29)19-24-12-8-11-23-10-5-6-13-25(23)24/h4-18H,3,19-20H2,1-2H3,(H,33,35)/b29-18-. The van der Waals surface area contributed by atoms with Gasteiger partial charge in [0.1, 0.15) is 0 Å². The van der Waals surface area contributed by atoms with Crippen molar-refractivity contribution in [3.63, 3.8) is 0 Å². The minimum absolute atomic E-state index is 0.194. The van der Waals surface area contributed by atoms with E-state index in [1.165, 1.54) is 4.90 Å². The number of para-hydroxylation sites is 1. The fraction of sp³-hybridized carbons (Fsp3) is 0.156. The van der Waals surface area contributed by atoms with Crippen molar-refractivity contribution in [1.82, 2.24) is 4.90 Å². The lowest BCUT2D eigenvalue weighted by Crippen LogP contribution is -2.27. The number of nitrogens with one attached hydrogen (secondary N) is 1. The molecular weight excluding hydrogens is 524 g/mol. The number of carbonyl (C=O) groups is 3. The molecule has 0 atom stereocenters. The number of rotatable bonds is 9. The number of imide groups is 1. The molecule has 4 aromatic carbocycles. The average Bonchev–Trinajstić information content (AvgIpc) is 3.21. The quantitative estimate of drug-likeness (QED) is 0.230. The molecule has 1 heterocycles. The lowest BCUT2D eigenvalue weighted by molar-refractivity contribution is -0.123. The summed E-state index contributed by atoms with van der Waals surface area (Å²) < 4.78 is 11.5. The first-order valence-electron chi connectivity index (χ1n) is 12.9. The van der Waals surface area contributed by atoms with Gasteiger partial charge in [-0.1, -0.05) is 66.7 Å². The van der Waals surface area contributed by atoms with Crippen LogP contribution < -0.4 is 14.8 Å². The van der Waals surface area contributed by atoms with Gasteiger partial charge in [0.05, 0.1) is 18.1 Å². The van der Waals surface area contributed by atoms with Gasteiger partial charge in [-0.3, -0.25) is 19.3 Å². The topological polar surface area (TPSA) is 84.9 Å². The Morgan fingerprint density at radius 3 is 2.52 bits per heavy atom. The summed E-state index contributed by atoms with van der Waals surface area (Å²) >= 11 is 0.914. The van der Waals surface area contributed by atoms with Crippen molar-refractivity contribution in [2.24, 2.45) is 0 Å². The number of anilines is 1. The van der Waals surface area contributed by atoms with Gasteiger partial charge in [-0.05, 0) is 77.3 Å². The third kappa shape index (κ3) is 6.02. The number of benzene rings is 4. The molecule has 1 saturated heterocycles. The van der Waals surface area contributed by atoms with Crippen molar-refractivity contribution in [2.45, 2.75) is 20.4 Å². The van der Waals surface area contributed by atoms with Crippen molar-refractivity contribution >= 4 is 51.4 Å². The van der Waals surface area contributed by atoms with Crippen LogP contribution in [0.5, 0.6) is 11.5 Å². The molecule has 1 aliphatic rings. The summed E-state index contributed by atoms with van der Waals surface area (Å²) in [4.78, 5) is 40.0. The Hall–Kier alpha value is -4.56. The van der Waals surface area contributed by atoms with Gasteiger partial charge in [0, 0.05) is 5.69 Å². The smallest absolute Gasteiger partial charge is 0.293 e. The van der Waals surface area contributed by atoms with E-state index in [2.05, 4.69) is 5.32 Å². The zero-order chi connectivity index (χ0) is 28.1. The molecule has 202 valence electrons. The van der Waals surface area contributed by atoms with Crippen molar-refractivity contribution in [3.05, 3.63) is 107 Å². The van der Waals surface area contributed by atoms with E-state index >= 15 is 0 Å². The molecule has 0 aromatic heterocycles. The van der Waals surface area contributed by atoms with Gasteiger partial charge in [-0.25, -0.2) is 0 Å². The third-order valence-corrected chi connectivity index (χ3v) is 7.33. The van der Waals surface area contributed by atoms with E-state index in [-0.39, 0.29) is 30.2 Å². The van der Waals surface area contributed by atoms with Crippen molar-refractivity contribution in [2.75, 3.05) is 18.5 Å². The second kappa shape index (κ2) is 12.1. The van der Waals surface area contributed by atoms with Crippen LogP contribution in [-0.4, -0.2) is 35.2 Å². The lowest BCUT2D eigenvalue weighted by atomic mass is 10.0. The number of thioether (sulfide) groups is 1. The maximum absolute atomic E-state index is 13.2. The van der Waals surface area contributed by atoms with Crippen LogP contribution in [0.1, 0.15) is 23.6 Å². The number of hydrogen-bond acceptors (Lipinski definition) is 6. The predicted molar refractivity (Wildman–Crippen MR) is 158 cm³/mol. The molecule has 40 heavy (non-hydrogen) atoms. The van der Waals surface area contributed by atoms with Gasteiger partial charge < -0.3 is 14.8 Å². The Bertz CT molecular complexity index is 1630. The number of amides is 3. The Morgan fingerprint density at radius 1 is 0.925 bits per heavy atom. The summed E-state index contributed by atoms with van der Waals surface area (Å²) in [7, 11) is 0. The van der Waals surface area contributed by atoms with Crippen LogP contribution >= 0.6 is 11.8 Å². The zero-order valence-electron chi connectivity index (χ0n) is 22.2. The van der Waals surface area contributed by atoms with Crippen LogP contribution in [0.25, 0.3) is 16.8 Å². The fourth-order valence-corrected chi connectivity index (χ4v) is 5.27. The summed E-state index contributed by atoms with van der Waals surface area (Å²) in [5, 5.41) is 4.60. The molecule has 8 heteroatoms. The van der Waals surface area contributed by atoms with Crippen LogP contribution in [0.4, 0.5) is 10.5 Å². The summed E-state index contributed by atoms with van der Waals surface area (Å²) in [6.45, 7) is 4.16. The van der Waals surface area contributed by atoms with Crippen molar-refractivity contribution in [1.29, 1.82) is 0 Å². The number of hydrogen-bond donors (Lipinski definition) is 1. The number of carbonyl (C=O) groups excluding carboxylic acids is 3. The van der Waals surface area contributed by atoms with Crippen LogP contribution in [0.3, 0.4) is 0 Å². The first-order chi connectivity index (χ1) is 19.4. The highest BCUT2D eigenvalue weighted by Gasteiger charge is 2.35. The molecule has 0 radical (unpaired) electrons. The van der Waals surface area contributed by atoms with Crippen LogP contribution in [-0.2, 0) is 16.1 Å². The maximum atomic E-state index is 13.2. The number of ether oxygens (including phenoxy) is 2. The van der Waals surface area contributed by atoms with Crippen LogP contribution in [0.15, 0.2) is 89.8 Å². The second-order valence-corrected chi connectivity index (χ2v) is 10.2. The predicted octanol–water partition coefficient (Wildman–Crippen LogP) is 6.80.